The Morgan fingerprint density at radius 3 is 2.41 bits per heavy atom. The van der Waals surface area contributed by atoms with E-state index in [1.807, 2.05) is 12.1 Å². The highest BCUT2D eigenvalue weighted by Crippen LogP contribution is 2.20. The second-order valence-electron chi connectivity index (χ2n) is 7.60. The molecule has 2 aliphatic rings. The van der Waals surface area contributed by atoms with Crippen LogP contribution >= 0.6 is 0 Å². The number of rotatable bonds is 6. The van der Waals surface area contributed by atoms with Gasteiger partial charge in [-0.15, -0.1) is 0 Å². The Balaban J connectivity index is 1.42. The van der Waals surface area contributed by atoms with Gasteiger partial charge in [0.2, 0.25) is 0 Å². The average Bonchev–Trinajstić information content (AvgIpc) is 2.89. The number of nitrogens with one attached hydrogen (secondary N) is 1. The van der Waals surface area contributed by atoms with E-state index < -0.39 is 34.4 Å². The van der Waals surface area contributed by atoms with Gasteiger partial charge in [0.15, 0.2) is 16.4 Å². The summed E-state index contributed by atoms with van der Waals surface area (Å²) in [6.45, 7) is 1.74. The lowest BCUT2D eigenvalue weighted by Crippen LogP contribution is -2.38. The van der Waals surface area contributed by atoms with Crippen molar-refractivity contribution in [1.82, 2.24) is 5.32 Å². The highest BCUT2D eigenvalue weighted by Gasteiger charge is 2.28. The van der Waals surface area contributed by atoms with E-state index in [0.717, 1.165) is 18.7 Å². The summed E-state index contributed by atoms with van der Waals surface area (Å²) < 4.78 is 27.7. The van der Waals surface area contributed by atoms with Crippen LogP contribution < -0.4 is 10.2 Å². The minimum atomic E-state index is -3.06. The molecule has 1 atom stereocenters. The molecule has 2 heterocycles. The number of benzene rings is 1. The molecule has 2 fully saturated rings. The first-order valence-electron chi connectivity index (χ1n) is 10.1. The number of hydrogen-bond acceptors (Lipinski definition) is 6. The molecule has 0 saturated carbocycles. The Morgan fingerprint density at radius 1 is 1.10 bits per heavy atom. The van der Waals surface area contributed by atoms with Crippen molar-refractivity contribution in [1.29, 1.82) is 0 Å². The second-order valence-corrected chi connectivity index (χ2v) is 9.83. The number of amides is 1. The molecule has 1 aromatic rings. The van der Waals surface area contributed by atoms with Gasteiger partial charge in [-0.1, -0.05) is 25.0 Å². The SMILES string of the molecule is O=C(COC(=O)/C=C/c1ccc(N2CCCCCC2)cc1)N[C@H]1CCS(=O)(=O)C1. The second kappa shape index (κ2) is 9.91. The van der Waals surface area contributed by atoms with Gasteiger partial charge in [0.05, 0.1) is 11.5 Å². The average molecular weight is 421 g/mol. The first kappa shape index (κ1) is 21.4. The van der Waals surface area contributed by atoms with Crippen molar-refractivity contribution in [2.24, 2.45) is 0 Å². The molecule has 0 aliphatic carbocycles. The number of esters is 1. The number of carbonyl (C=O) groups excluding carboxylic acids is 2. The number of anilines is 1. The van der Waals surface area contributed by atoms with E-state index in [2.05, 4.69) is 22.3 Å². The van der Waals surface area contributed by atoms with Crippen molar-refractivity contribution >= 4 is 33.5 Å². The van der Waals surface area contributed by atoms with E-state index in [4.69, 9.17) is 4.74 Å². The van der Waals surface area contributed by atoms with Crippen LogP contribution in [-0.4, -0.2) is 57.5 Å². The molecule has 2 aliphatic heterocycles. The third-order valence-corrected chi connectivity index (χ3v) is 6.99. The van der Waals surface area contributed by atoms with Gasteiger partial charge in [0.1, 0.15) is 0 Å². The largest absolute Gasteiger partial charge is 0.452 e. The molecular formula is C21H28N2O5S. The normalized spacial score (nSPS) is 21.7. The molecule has 0 bridgehead atoms. The Bertz CT molecular complexity index is 840. The summed E-state index contributed by atoms with van der Waals surface area (Å²) in [5.74, 6) is -1.08. The summed E-state index contributed by atoms with van der Waals surface area (Å²) >= 11 is 0. The topological polar surface area (TPSA) is 92.8 Å². The fraction of sp³-hybridized carbons (Fsp3) is 0.524. The molecule has 7 nitrogen and oxygen atoms in total. The zero-order valence-corrected chi connectivity index (χ0v) is 17.3. The maximum absolute atomic E-state index is 11.8. The van der Waals surface area contributed by atoms with Gasteiger partial charge < -0.3 is 15.0 Å². The predicted octanol–water partition coefficient (Wildman–Crippen LogP) is 1.93. The van der Waals surface area contributed by atoms with Crippen LogP contribution in [0, 0.1) is 0 Å². The Kier molecular flexibility index (Phi) is 7.30. The van der Waals surface area contributed by atoms with Crippen molar-refractivity contribution < 1.29 is 22.7 Å². The summed E-state index contributed by atoms with van der Waals surface area (Å²) in [5.41, 5.74) is 2.07. The van der Waals surface area contributed by atoms with E-state index in [1.54, 1.807) is 6.08 Å². The van der Waals surface area contributed by atoms with Crippen LogP contribution in [-0.2, 0) is 24.2 Å². The molecule has 0 spiro atoms. The van der Waals surface area contributed by atoms with Crippen LogP contribution in [0.25, 0.3) is 6.08 Å². The number of sulfone groups is 1. The third-order valence-electron chi connectivity index (χ3n) is 5.22. The molecule has 158 valence electrons. The Hall–Kier alpha value is -2.35. The summed E-state index contributed by atoms with van der Waals surface area (Å²) in [6.07, 6.45) is 8.35. The maximum atomic E-state index is 11.8. The molecule has 0 unspecified atom stereocenters. The summed E-state index contributed by atoms with van der Waals surface area (Å²) in [4.78, 5) is 26.0. The summed E-state index contributed by atoms with van der Waals surface area (Å²) in [7, 11) is -3.06. The van der Waals surface area contributed by atoms with Gasteiger partial charge in [0, 0.05) is 30.9 Å². The molecule has 3 rings (SSSR count). The molecule has 1 aromatic carbocycles. The fourth-order valence-electron chi connectivity index (χ4n) is 3.65. The Morgan fingerprint density at radius 2 is 1.79 bits per heavy atom. The van der Waals surface area contributed by atoms with E-state index in [1.165, 1.54) is 37.4 Å². The van der Waals surface area contributed by atoms with Crippen LogP contribution in [0.1, 0.15) is 37.7 Å². The lowest BCUT2D eigenvalue weighted by Gasteiger charge is -2.22. The lowest BCUT2D eigenvalue weighted by molar-refractivity contribution is -0.143. The smallest absolute Gasteiger partial charge is 0.331 e. The summed E-state index contributed by atoms with van der Waals surface area (Å²) in [6, 6.07) is 7.62. The molecule has 29 heavy (non-hydrogen) atoms. The minimum absolute atomic E-state index is 0.0555. The van der Waals surface area contributed by atoms with Crippen molar-refractivity contribution in [2.75, 3.05) is 36.1 Å². The van der Waals surface area contributed by atoms with Crippen LogP contribution in [0.3, 0.4) is 0 Å². The monoisotopic (exact) mass is 420 g/mol. The molecule has 1 amide bonds. The number of carbonyl (C=O) groups is 2. The molecule has 1 N–H and O–H groups in total. The zero-order chi connectivity index (χ0) is 20.7. The number of nitrogens with zero attached hydrogens (tertiary/aromatic N) is 1. The quantitative estimate of drug-likeness (QED) is 0.558. The maximum Gasteiger partial charge on any atom is 0.331 e. The van der Waals surface area contributed by atoms with Gasteiger partial charge in [-0.3, -0.25) is 4.79 Å². The van der Waals surface area contributed by atoms with Gasteiger partial charge >= 0.3 is 5.97 Å². The third kappa shape index (κ3) is 6.88. The first-order valence-corrected chi connectivity index (χ1v) is 11.9. The van der Waals surface area contributed by atoms with Gasteiger partial charge in [-0.2, -0.15) is 0 Å². The van der Waals surface area contributed by atoms with Crippen molar-refractivity contribution in [2.45, 2.75) is 38.1 Å². The molecule has 8 heteroatoms. The van der Waals surface area contributed by atoms with Gasteiger partial charge in [0.25, 0.3) is 5.91 Å². The molecule has 0 radical (unpaired) electrons. The van der Waals surface area contributed by atoms with E-state index in [-0.39, 0.29) is 11.5 Å². The molecule has 0 aromatic heterocycles. The van der Waals surface area contributed by atoms with Crippen LogP contribution in [0.15, 0.2) is 30.3 Å². The summed E-state index contributed by atoms with van der Waals surface area (Å²) in [5, 5.41) is 2.58. The Labute approximate surface area is 172 Å². The number of hydrogen-bond donors (Lipinski definition) is 1. The van der Waals surface area contributed by atoms with Crippen LogP contribution in [0.4, 0.5) is 5.69 Å². The van der Waals surface area contributed by atoms with Crippen LogP contribution in [0.5, 0.6) is 0 Å². The lowest BCUT2D eigenvalue weighted by atomic mass is 10.1. The number of ether oxygens (including phenoxy) is 1. The van der Waals surface area contributed by atoms with Crippen LogP contribution in [0.2, 0.25) is 0 Å². The highest BCUT2D eigenvalue weighted by molar-refractivity contribution is 7.91. The standard InChI is InChI=1S/C21H28N2O5S/c24-20(22-18-11-14-29(26,27)16-18)15-28-21(25)10-7-17-5-8-19(9-6-17)23-12-3-1-2-4-13-23/h5-10,18H,1-4,11-16H2,(H,22,24)/b10-7+/t18-/m0/s1. The van der Waals surface area contributed by atoms with Crippen molar-refractivity contribution in [3.05, 3.63) is 35.9 Å². The van der Waals surface area contributed by atoms with E-state index >= 15 is 0 Å². The fourth-order valence-corrected chi connectivity index (χ4v) is 5.33. The van der Waals surface area contributed by atoms with E-state index in [0.29, 0.717) is 6.42 Å². The predicted molar refractivity (Wildman–Crippen MR) is 112 cm³/mol. The van der Waals surface area contributed by atoms with Gasteiger partial charge in [-0.25, -0.2) is 13.2 Å². The minimum Gasteiger partial charge on any atom is -0.452 e. The van der Waals surface area contributed by atoms with Gasteiger partial charge in [-0.05, 0) is 43.0 Å². The van der Waals surface area contributed by atoms with E-state index in [9.17, 15) is 18.0 Å². The molecule has 2 saturated heterocycles. The first-order chi connectivity index (χ1) is 13.9. The zero-order valence-electron chi connectivity index (χ0n) is 16.5. The van der Waals surface area contributed by atoms with Crippen molar-refractivity contribution in [3.63, 3.8) is 0 Å². The highest BCUT2D eigenvalue weighted by atomic mass is 32.2. The molecular weight excluding hydrogens is 392 g/mol. The van der Waals surface area contributed by atoms with Crippen molar-refractivity contribution in [3.8, 4) is 0 Å².